The summed E-state index contributed by atoms with van der Waals surface area (Å²) in [4.78, 5) is 23.8. The number of anilines is 1. The largest absolute Gasteiger partial charge is 0.451 e. The summed E-state index contributed by atoms with van der Waals surface area (Å²) in [6.45, 7) is 1.41. The van der Waals surface area contributed by atoms with Gasteiger partial charge in [-0.3, -0.25) is 4.79 Å². The Balaban J connectivity index is 1.90. The van der Waals surface area contributed by atoms with Gasteiger partial charge in [-0.25, -0.2) is 4.79 Å². The molecule has 0 aliphatic carbocycles. The van der Waals surface area contributed by atoms with E-state index < -0.39 is 11.9 Å². The number of rotatable bonds is 4. The Kier molecular flexibility index (Phi) is 5.22. The van der Waals surface area contributed by atoms with Crippen LogP contribution in [0.4, 0.5) is 5.69 Å². The molecule has 0 radical (unpaired) electrons. The molecule has 7 heteroatoms. The van der Waals surface area contributed by atoms with Gasteiger partial charge in [-0.2, -0.15) is 0 Å². The van der Waals surface area contributed by atoms with Crippen molar-refractivity contribution in [1.29, 1.82) is 0 Å². The van der Waals surface area contributed by atoms with E-state index >= 15 is 0 Å². The first kappa shape index (κ1) is 15.8. The first-order chi connectivity index (χ1) is 9.97. The number of carbonyl (C=O) groups is 2. The predicted molar refractivity (Wildman–Crippen MR) is 84.4 cm³/mol. The summed E-state index contributed by atoms with van der Waals surface area (Å²) >= 11 is 12.8. The Morgan fingerprint density at radius 1 is 1.24 bits per heavy atom. The fraction of sp³-hybridized carbons (Fsp3) is 0.143. The Morgan fingerprint density at radius 2 is 2.00 bits per heavy atom. The predicted octanol–water partition coefficient (Wildman–Crippen LogP) is 4.16. The average molecular weight is 344 g/mol. The second-order valence-electron chi connectivity index (χ2n) is 4.14. The number of thiophene rings is 1. The maximum atomic E-state index is 11.8. The van der Waals surface area contributed by atoms with Crippen molar-refractivity contribution in [2.24, 2.45) is 0 Å². The van der Waals surface area contributed by atoms with Gasteiger partial charge in [-0.1, -0.05) is 29.3 Å². The van der Waals surface area contributed by atoms with Crippen LogP contribution in [0.5, 0.6) is 0 Å². The highest BCUT2D eigenvalue weighted by atomic mass is 35.5. The Labute approximate surface area is 135 Å². The number of hydrogen-bond donors (Lipinski definition) is 1. The van der Waals surface area contributed by atoms with Gasteiger partial charge in [0.15, 0.2) is 6.61 Å². The fourth-order valence-corrected chi connectivity index (χ4v) is 2.67. The zero-order valence-electron chi connectivity index (χ0n) is 11.0. The summed E-state index contributed by atoms with van der Waals surface area (Å²) in [5, 5.41) is 3.19. The van der Waals surface area contributed by atoms with Gasteiger partial charge in [-0.15, -0.1) is 11.3 Å². The van der Waals surface area contributed by atoms with Crippen LogP contribution in [0.3, 0.4) is 0 Å². The normalized spacial score (nSPS) is 10.2. The van der Waals surface area contributed by atoms with Crippen LogP contribution in [0, 0.1) is 6.92 Å². The SMILES string of the molecule is Cc1c(Cl)cccc1NC(=O)COC(=O)c1ccc(Cl)s1. The van der Waals surface area contributed by atoms with Gasteiger partial charge >= 0.3 is 5.97 Å². The number of amides is 1. The molecule has 0 spiro atoms. The molecule has 4 nitrogen and oxygen atoms in total. The minimum absolute atomic E-state index is 0.353. The lowest BCUT2D eigenvalue weighted by Crippen LogP contribution is -2.21. The van der Waals surface area contributed by atoms with Crippen LogP contribution in [0.1, 0.15) is 15.2 Å². The maximum Gasteiger partial charge on any atom is 0.348 e. The van der Waals surface area contributed by atoms with Gasteiger partial charge in [0, 0.05) is 10.7 Å². The van der Waals surface area contributed by atoms with E-state index in [0.717, 1.165) is 16.9 Å². The first-order valence-corrected chi connectivity index (χ1v) is 7.52. The van der Waals surface area contributed by atoms with Crippen LogP contribution in [0.25, 0.3) is 0 Å². The third kappa shape index (κ3) is 4.20. The zero-order valence-corrected chi connectivity index (χ0v) is 13.3. The lowest BCUT2D eigenvalue weighted by molar-refractivity contribution is -0.119. The van der Waals surface area contributed by atoms with E-state index in [2.05, 4.69) is 5.32 Å². The highest BCUT2D eigenvalue weighted by Gasteiger charge is 2.13. The minimum Gasteiger partial charge on any atom is -0.451 e. The fourth-order valence-electron chi connectivity index (χ4n) is 1.56. The lowest BCUT2D eigenvalue weighted by atomic mass is 10.2. The molecular formula is C14H11Cl2NO3S. The van der Waals surface area contributed by atoms with Crippen molar-refractivity contribution in [3.05, 3.63) is 50.1 Å². The molecule has 0 unspecified atom stereocenters. The topological polar surface area (TPSA) is 55.4 Å². The molecule has 0 fully saturated rings. The highest BCUT2D eigenvalue weighted by molar-refractivity contribution is 7.17. The van der Waals surface area contributed by atoms with E-state index in [9.17, 15) is 9.59 Å². The molecule has 110 valence electrons. The summed E-state index contributed by atoms with van der Waals surface area (Å²) in [7, 11) is 0. The van der Waals surface area contributed by atoms with Crippen LogP contribution >= 0.6 is 34.5 Å². The molecule has 0 saturated carbocycles. The number of halogens is 2. The molecule has 1 aromatic carbocycles. The van der Waals surface area contributed by atoms with Gasteiger partial charge in [0.05, 0.1) is 4.34 Å². The molecule has 0 aliphatic heterocycles. The van der Waals surface area contributed by atoms with E-state index in [-0.39, 0.29) is 6.61 Å². The molecule has 1 N–H and O–H groups in total. The number of ether oxygens (including phenoxy) is 1. The number of nitrogens with one attached hydrogen (secondary N) is 1. The molecule has 1 amide bonds. The summed E-state index contributed by atoms with van der Waals surface area (Å²) in [6.07, 6.45) is 0. The molecule has 0 aliphatic rings. The zero-order chi connectivity index (χ0) is 15.4. The number of hydrogen-bond acceptors (Lipinski definition) is 4. The molecule has 2 aromatic rings. The van der Waals surface area contributed by atoms with Crippen molar-refractivity contribution < 1.29 is 14.3 Å². The van der Waals surface area contributed by atoms with Gasteiger partial charge < -0.3 is 10.1 Å². The molecule has 0 atom stereocenters. The quantitative estimate of drug-likeness (QED) is 0.848. The summed E-state index contributed by atoms with van der Waals surface area (Å²) < 4.78 is 5.40. The summed E-state index contributed by atoms with van der Waals surface area (Å²) in [5.41, 5.74) is 1.34. The van der Waals surface area contributed by atoms with Gasteiger partial charge in [-0.05, 0) is 36.8 Å². The Bertz CT molecular complexity index is 685. The van der Waals surface area contributed by atoms with Gasteiger partial charge in [0.25, 0.3) is 5.91 Å². The number of esters is 1. The Morgan fingerprint density at radius 3 is 2.67 bits per heavy atom. The highest BCUT2D eigenvalue weighted by Crippen LogP contribution is 2.23. The van der Waals surface area contributed by atoms with Crippen molar-refractivity contribution in [2.75, 3.05) is 11.9 Å². The van der Waals surface area contributed by atoms with Crippen LogP contribution in [0.15, 0.2) is 30.3 Å². The third-order valence-corrected chi connectivity index (χ3v) is 4.27. The molecular weight excluding hydrogens is 333 g/mol. The van der Waals surface area contributed by atoms with Gasteiger partial charge in [0.1, 0.15) is 4.88 Å². The van der Waals surface area contributed by atoms with E-state index in [1.54, 1.807) is 37.3 Å². The number of carbonyl (C=O) groups excluding carboxylic acids is 2. The lowest BCUT2D eigenvalue weighted by Gasteiger charge is -2.09. The van der Waals surface area contributed by atoms with Crippen molar-refractivity contribution in [3.63, 3.8) is 0 Å². The molecule has 2 rings (SSSR count). The van der Waals surface area contributed by atoms with Crippen molar-refractivity contribution >= 4 is 52.1 Å². The standard InChI is InChI=1S/C14H11Cl2NO3S/c1-8-9(15)3-2-4-10(8)17-13(18)7-20-14(19)11-5-6-12(16)21-11/h2-6H,7H2,1H3,(H,17,18). The maximum absolute atomic E-state index is 11.8. The molecule has 0 saturated heterocycles. The van der Waals surface area contributed by atoms with E-state index in [4.69, 9.17) is 27.9 Å². The summed E-state index contributed by atoms with van der Waals surface area (Å²) in [6, 6.07) is 8.32. The second-order valence-corrected chi connectivity index (χ2v) is 6.26. The first-order valence-electron chi connectivity index (χ1n) is 5.95. The van der Waals surface area contributed by atoms with Crippen LogP contribution in [-0.4, -0.2) is 18.5 Å². The molecule has 0 bridgehead atoms. The van der Waals surface area contributed by atoms with Crippen molar-refractivity contribution in [3.8, 4) is 0 Å². The van der Waals surface area contributed by atoms with Gasteiger partial charge in [0.2, 0.25) is 0 Å². The molecule has 1 heterocycles. The molecule has 1 aromatic heterocycles. The smallest absolute Gasteiger partial charge is 0.348 e. The summed E-state index contributed by atoms with van der Waals surface area (Å²) in [5.74, 6) is -1.01. The second kappa shape index (κ2) is 6.93. The number of benzene rings is 1. The Hall–Kier alpha value is -1.56. The van der Waals surface area contributed by atoms with Crippen molar-refractivity contribution in [1.82, 2.24) is 0 Å². The average Bonchev–Trinajstić information content (AvgIpc) is 2.88. The van der Waals surface area contributed by atoms with E-state index in [1.165, 1.54) is 0 Å². The molecule has 21 heavy (non-hydrogen) atoms. The third-order valence-electron chi connectivity index (χ3n) is 2.65. The van der Waals surface area contributed by atoms with Crippen molar-refractivity contribution in [2.45, 2.75) is 6.92 Å². The van der Waals surface area contributed by atoms with E-state index in [1.807, 2.05) is 0 Å². The van der Waals surface area contributed by atoms with Crippen LogP contribution in [0.2, 0.25) is 9.36 Å². The van der Waals surface area contributed by atoms with Crippen LogP contribution < -0.4 is 5.32 Å². The van der Waals surface area contributed by atoms with Crippen LogP contribution in [-0.2, 0) is 9.53 Å². The monoisotopic (exact) mass is 343 g/mol. The van der Waals surface area contributed by atoms with E-state index in [0.29, 0.717) is 19.9 Å². The minimum atomic E-state index is -0.579.